The highest BCUT2D eigenvalue weighted by molar-refractivity contribution is 7.91. The largest absolute Gasteiger partial charge is 0.335 e. The van der Waals surface area contributed by atoms with E-state index in [-0.39, 0.29) is 55.0 Å². The molecule has 0 spiro atoms. The zero-order valence-electron chi connectivity index (χ0n) is 16.6. The van der Waals surface area contributed by atoms with E-state index in [1.54, 1.807) is 11.0 Å². The second kappa shape index (κ2) is 9.07. The van der Waals surface area contributed by atoms with Gasteiger partial charge in [-0.3, -0.25) is 9.59 Å². The lowest BCUT2D eigenvalue weighted by Crippen LogP contribution is -2.52. The molecule has 0 radical (unpaired) electrons. The Balaban J connectivity index is 1.41. The van der Waals surface area contributed by atoms with E-state index in [9.17, 15) is 18.0 Å². The Kier molecular flexibility index (Phi) is 6.42. The molecule has 1 aromatic heterocycles. The SMILES string of the molecule is O=C(C1=NN(Cc2ccccc2)C(=O)CC1)N1CCN(S(=O)(=O)c2ccc(Cl)s2)CC1. The minimum atomic E-state index is -3.62. The molecule has 164 valence electrons. The number of hydrazone groups is 1. The minimum Gasteiger partial charge on any atom is -0.335 e. The highest BCUT2D eigenvalue weighted by Crippen LogP contribution is 2.28. The average Bonchev–Trinajstić information content (AvgIpc) is 3.23. The van der Waals surface area contributed by atoms with E-state index in [2.05, 4.69) is 5.10 Å². The number of thiophene rings is 1. The molecule has 8 nitrogen and oxygen atoms in total. The number of benzene rings is 1. The molecule has 0 bridgehead atoms. The first-order chi connectivity index (χ1) is 14.8. The summed E-state index contributed by atoms with van der Waals surface area (Å²) in [4.78, 5) is 26.8. The fourth-order valence-electron chi connectivity index (χ4n) is 3.51. The van der Waals surface area contributed by atoms with E-state index in [0.717, 1.165) is 16.9 Å². The first-order valence-corrected chi connectivity index (χ1v) is 12.4. The van der Waals surface area contributed by atoms with Crippen LogP contribution >= 0.6 is 22.9 Å². The summed E-state index contributed by atoms with van der Waals surface area (Å²) < 4.78 is 27.5. The fourth-order valence-corrected chi connectivity index (χ4v) is 6.57. The lowest BCUT2D eigenvalue weighted by molar-refractivity contribution is -0.132. The van der Waals surface area contributed by atoms with Crippen molar-refractivity contribution in [3.05, 3.63) is 52.4 Å². The van der Waals surface area contributed by atoms with Gasteiger partial charge in [0.1, 0.15) is 9.92 Å². The molecule has 0 unspecified atom stereocenters. The Labute approximate surface area is 189 Å². The Bertz CT molecular complexity index is 1110. The molecule has 2 aromatic rings. The predicted molar refractivity (Wildman–Crippen MR) is 118 cm³/mol. The standard InChI is InChI=1S/C20H21ClN4O4S2/c21-17-7-9-19(30-17)31(28,29)24-12-10-23(11-13-24)20(27)16-6-8-18(26)25(22-16)14-15-4-2-1-3-5-15/h1-5,7,9H,6,8,10-14H2. The lowest BCUT2D eigenvalue weighted by Gasteiger charge is -2.34. The molecule has 4 rings (SSSR count). The van der Waals surface area contributed by atoms with E-state index in [1.165, 1.54) is 15.4 Å². The smallest absolute Gasteiger partial charge is 0.270 e. The van der Waals surface area contributed by atoms with E-state index in [1.807, 2.05) is 30.3 Å². The third kappa shape index (κ3) is 4.82. The Hall–Kier alpha value is -2.27. The second-order valence-corrected chi connectivity index (χ2v) is 11.1. The molecule has 1 aromatic carbocycles. The van der Waals surface area contributed by atoms with E-state index in [4.69, 9.17) is 11.6 Å². The van der Waals surface area contributed by atoms with E-state index < -0.39 is 10.0 Å². The molecule has 31 heavy (non-hydrogen) atoms. The topological polar surface area (TPSA) is 90.4 Å². The van der Waals surface area contributed by atoms with Gasteiger partial charge in [0.2, 0.25) is 5.91 Å². The number of carbonyl (C=O) groups excluding carboxylic acids is 2. The van der Waals surface area contributed by atoms with Gasteiger partial charge >= 0.3 is 0 Å². The van der Waals surface area contributed by atoms with Crippen molar-refractivity contribution in [3.63, 3.8) is 0 Å². The predicted octanol–water partition coefficient (Wildman–Crippen LogP) is 2.41. The van der Waals surface area contributed by atoms with Crippen LogP contribution in [0.25, 0.3) is 0 Å². The van der Waals surface area contributed by atoms with Crippen molar-refractivity contribution in [3.8, 4) is 0 Å². The summed E-state index contributed by atoms with van der Waals surface area (Å²) in [6.07, 6.45) is 0.514. The van der Waals surface area contributed by atoms with Crippen molar-refractivity contribution < 1.29 is 18.0 Å². The number of rotatable bonds is 5. The lowest BCUT2D eigenvalue weighted by atomic mass is 10.1. The Morgan fingerprint density at radius 3 is 2.39 bits per heavy atom. The molecule has 2 aliphatic heterocycles. The molecule has 11 heteroatoms. The molecule has 2 amide bonds. The van der Waals surface area contributed by atoms with Gasteiger partial charge in [0.25, 0.3) is 15.9 Å². The van der Waals surface area contributed by atoms with Crippen molar-refractivity contribution in [2.75, 3.05) is 26.2 Å². The Morgan fingerprint density at radius 1 is 1.03 bits per heavy atom. The minimum absolute atomic E-state index is 0.120. The first kappa shape index (κ1) is 21.9. The number of hydrogen-bond acceptors (Lipinski definition) is 6. The number of nitrogens with zero attached hydrogens (tertiary/aromatic N) is 4. The summed E-state index contributed by atoms with van der Waals surface area (Å²) in [5.41, 5.74) is 1.26. The molecule has 1 fully saturated rings. The summed E-state index contributed by atoms with van der Waals surface area (Å²) in [5.74, 6) is -0.368. The maximum Gasteiger partial charge on any atom is 0.270 e. The number of sulfonamides is 1. The molecule has 3 heterocycles. The Morgan fingerprint density at radius 2 is 1.74 bits per heavy atom. The zero-order valence-corrected chi connectivity index (χ0v) is 19.0. The molecular weight excluding hydrogens is 460 g/mol. The molecule has 1 saturated heterocycles. The van der Waals surface area contributed by atoms with Gasteiger partial charge in [-0.25, -0.2) is 13.4 Å². The number of halogens is 1. The van der Waals surface area contributed by atoms with Crippen LogP contribution in [-0.2, 0) is 26.2 Å². The maximum atomic E-state index is 13.0. The van der Waals surface area contributed by atoms with Gasteiger partial charge in [0, 0.05) is 39.0 Å². The number of hydrogen-bond donors (Lipinski definition) is 0. The zero-order chi connectivity index (χ0) is 22.0. The molecule has 2 aliphatic rings. The number of piperazine rings is 1. The van der Waals surface area contributed by atoms with Gasteiger partial charge in [-0.05, 0) is 17.7 Å². The van der Waals surface area contributed by atoms with Crippen molar-refractivity contribution in [1.82, 2.24) is 14.2 Å². The van der Waals surface area contributed by atoms with Crippen LogP contribution in [0, 0.1) is 0 Å². The van der Waals surface area contributed by atoms with Crippen LogP contribution in [0.3, 0.4) is 0 Å². The molecule has 0 N–H and O–H groups in total. The summed E-state index contributed by atoms with van der Waals surface area (Å²) >= 11 is 6.89. The summed E-state index contributed by atoms with van der Waals surface area (Å²) in [6, 6.07) is 12.5. The van der Waals surface area contributed by atoms with Crippen LogP contribution < -0.4 is 0 Å². The van der Waals surface area contributed by atoms with E-state index in [0.29, 0.717) is 16.6 Å². The van der Waals surface area contributed by atoms with Crippen LogP contribution in [0.2, 0.25) is 4.34 Å². The third-order valence-corrected chi connectivity index (χ3v) is 8.79. The number of carbonyl (C=O) groups is 2. The average molecular weight is 481 g/mol. The molecule has 0 aliphatic carbocycles. The van der Waals surface area contributed by atoms with Crippen molar-refractivity contribution in [2.45, 2.75) is 23.6 Å². The summed E-state index contributed by atoms with van der Waals surface area (Å²) in [6.45, 7) is 1.24. The third-order valence-electron chi connectivity index (χ3n) is 5.20. The van der Waals surface area contributed by atoms with Crippen LogP contribution in [-0.4, -0.2) is 66.3 Å². The van der Waals surface area contributed by atoms with Crippen LogP contribution in [0.1, 0.15) is 18.4 Å². The van der Waals surface area contributed by atoms with Crippen molar-refractivity contribution in [2.24, 2.45) is 5.10 Å². The highest BCUT2D eigenvalue weighted by atomic mass is 35.5. The van der Waals surface area contributed by atoms with Gasteiger partial charge in [-0.1, -0.05) is 41.9 Å². The highest BCUT2D eigenvalue weighted by Gasteiger charge is 2.33. The van der Waals surface area contributed by atoms with Crippen molar-refractivity contribution >= 4 is 50.5 Å². The molecule has 0 saturated carbocycles. The first-order valence-electron chi connectivity index (χ1n) is 9.81. The molecule has 0 atom stereocenters. The van der Waals surface area contributed by atoms with Crippen molar-refractivity contribution in [1.29, 1.82) is 0 Å². The quantitative estimate of drug-likeness (QED) is 0.657. The maximum absolute atomic E-state index is 13.0. The van der Waals surface area contributed by atoms with Crippen LogP contribution in [0.5, 0.6) is 0 Å². The van der Waals surface area contributed by atoms with E-state index >= 15 is 0 Å². The fraction of sp³-hybridized carbons (Fsp3) is 0.350. The normalized spacial score (nSPS) is 18.2. The van der Waals surface area contributed by atoms with Crippen LogP contribution in [0.15, 0.2) is 51.8 Å². The van der Waals surface area contributed by atoms with Crippen LogP contribution in [0.4, 0.5) is 0 Å². The van der Waals surface area contributed by atoms with Gasteiger partial charge < -0.3 is 4.90 Å². The second-order valence-electron chi connectivity index (χ2n) is 7.24. The van der Waals surface area contributed by atoms with Gasteiger partial charge in [0.05, 0.1) is 10.9 Å². The monoisotopic (exact) mass is 480 g/mol. The molecular formula is C20H21ClN4O4S2. The van der Waals surface area contributed by atoms with Gasteiger partial charge in [-0.2, -0.15) is 9.41 Å². The number of amides is 2. The summed E-state index contributed by atoms with van der Waals surface area (Å²) in [7, 11) is -3.62. The van der Waals surface area contributed by atoms with Gasteiger partial charge in [-0.15, -0.1) is 11.3 Å². The summed E-state index contributed by atoms with van der Waals surface area (Å²) in [5, 5.41) is 5.66. The van der Waals surface area contributed by atoms with Gasteiger partial charge in [0.15, 0.2) is 0 Å².